The van der Waals surface area contributed by atoms with E-state index in [9.17, 15) is 9.59 Å². The molecule has 4 nitrogen and oxygen atoms in total. The monoisotopic (exact) mass is 506 g/mol. The van der Waals surface area contributed by atoms with Crippen LogP contribution in [0.1, 0.15) is 33.7 Å². The van der Waals surface area contributed by atoms with Crippen LogP contribution in [0.5, 0.6) is 0 Å². The number of carbonyl (C=O) groups excluding carboxylic acids is 2. The van der Waals surface area contributed by atoms with Gasteiger partial charge >= 0.3 is 11.9 Å². The van der Waals surface area contributed by atoms with Crippen LogP contribution < -0.4 is 0 Å². The highest BCUT2D eigenvalue weighted by Gasteiger charge is 2.57. The molecule has 4 aromatic rings. The maximum absolute atomic E-state index is 13.5. The third-order valence-electron chi connectivity index (χ3n) is 7.70. The summed E-state index contributed by atoms with van der Waals surface area (Å²) in [5, 5.41) is 2.43. The Morgan fingerprint density at radius 2 is 1.35 bits per heavy atom. The predicted molar refractivity (Wildman–Crippen MR) is 147 cm³/mol. The molecule has 7 rings (SSSR count). The summed E-state index contributed by atoms with van der Waals surface area (Å²) in [4.78, 5) is 26.8. The second-order valence-electron chi connectivity index (χ2n) is 9.42. The summed E-state index contributed by atoms with van der Waals surface area (Å²) in [6, 6.07) is 31.1. The van der Waals surface area contributed by atoms with Crippen molar-refractivity contribution in [3.8, 4) is 0 Å². The van der Waals surface area contributed by atoms with E-state index in [2.05, 4.69) is 60.7 Å². The zero-order chi connectivity index (χ0) is 25.6. The predicted octanol–water partition coefficient (Wildman–Crippen LogP) is 6.16. The van der Waals surface area contributed by atoms with Crippen molar-refractivity contribution in [2.45, 2.75) is 17.1 Å². The molecule has 0 heterocycles. The van der Waals surface area contributed by atoms with Crippen LogP contribution in [-0.2, 0) is 30.2 Å². The van der Waals surface area contributed by atoms with Gasteiger partial charge in [-0.1, -0.05) is 91.0 Å². The van der Waals surface area contributed by atoms with Crippen LogP contribution in [0.25, 0.3) is 10.8 Å². The quantitative estimate of drug-likeness (QED) is 0.293. The lowest BCUT2D eigenvalue weighted by atomic mass is 9.53. The number of methoxy groups -OCH3 is 2. The first kappa shape index (κ1) is 23.6. The number of hydrogen-bond acceptors (Lipinski definition) is 5. The molecule has 0 radical (unpaired) electrons. The van der Waals surface area contributed by atoms with E-state index < -0.39 is 17.4 Å². The molecule has 5 heteroatoms. The minimum Gasteiger partial charge on any atom is -0.466 e. The van der Waals surface area contributed by atoms with Crippen molar-refractivity contribution in [1.29, 1.82) is 0 Å². The molecular weight excluding hydrogens is 480 g/mol. The number of hydrogen-bond donors (Lipinski definition) is 0. The van der Waals surface area contributed by atoms with E-state index in [0.29, 0.717) is 16.9 Å². The molecule has 0 amide bonds. The lowest BCUT2D eigenvalue weighted by Gasteiger charge is -2.50. The molecule has 3 aliphatic carbocycles. The van der Waals surface area contributed by atoms with Crippen LogP contribution in [0.4, 0.5) is 0 Å². The fourth-order valence-electron chi connectivity index (χ4n) is 6.22. The third-order valence-corrected chi connectivity index (χ3v) is 8.85. The number of rotatable bonds is 6. The highest BCUT2D eigenvalue weighted by Crippen LogP contribution is 2.60. The molecule has 0 saturated carbocycles. The molecule has 184 valence electrons. The number of esters is 2. The average molecular weight is 507 g/mol. The second kappa shape index (κ2) is 9.24. The zero-order valence-corrected chi connectivity index (χ0v) is 21.5. The SMILES string of the molecule is COC(=O)C1=C(C(=O)OC)C2(CSCc3cccc4ccccc34)c3ccccc3C1c1ccccc12. The number of fused-ring (bicyclic) bond motifs is 1. The minimum atomic E-state index is -0.839. The largest absolute Gasteiger partial charge is 0.466 e. The third kappa shape index (κ3) is 3.45. The number of carbonyl (C=O) groups is 2. The van der Waals surface area contributed by atoms with Gasteiger partial charge in [-0.2, -0.15) is 11.8 Å². The lowest BCUT2D eigenvalue weighted by Crippen LogP contribution is -2.48. The fraction of sp³-hybridized carbons (Fsp3) is 0.188. The summed E-state index contributed by atoms with van der Waals surface area (Å²) < 4.78 is 10.6. The maximum Gasteiger partial charge on any atom is 0.335 e. The van der Waals surface area contributed by atoms with Crippen molar-refractivity contribution in [2.75, 3.05) is 20.0 Å². The van der Waals surface area contributed by atoms with E-state index in [4.69, 9.17) is 9.47 Å². The molecule has 2 bridgehead atoms. The second-order valence-corrected chi connectivity index (χ2v) is 10.4. The standard InChI is InChI=1S/C32H26O4S/c1-35-30(33)28-27-23-14-5-7-16-25(23)32(29(28)31(34)36-2,26-17-8-6-15-24(26)27)19-37-18-21-12-9-11-20-10-3-4-13-22(20)21/h3-17,27H,18-19H2,1-2H3. The van der Waals surface area contributed by atoms with Crippen molar-refractivity contribution in [2.24, 2.45) is 0 Å². The summed E-state index contributed by atoms with van der Waals surface area (Å²) in [7, 11) is 2.74. The van der Waals surface area contributed by atoms with Gasteiger partial charge in [-0.05, 0) is 38.6 Å². The van der Waals surface area contributed by atoms with Crippen LogP contribution in [0, 0.1) is 0 Å². The smallest absolute Gasteiger partial charge is 0.335 e. The molecule has 0 aliphatic heterocycles. The van der Waals surface area contributed by atoms with Crippen LogP contribution in [-0.4, -0.2) is 31.9 Å². The van der Waals surface area contributed by atoms with E-state index in [1.807, 2.05) is 30.3 Å². The Morgan fingerprint density at radius 1 is 0.757 bits per heavy atom. The summed E-state index contributed by atoms with van der Waals surface area (Å²) >= 11 is 1.76. The Bertz CT molecular complexity index is 1530. The molecule has 4 aromatic carbocycles. The summed E-state index contributed by atoms with van der Waals surface area (Å²) in [5.41, 5.74) is 5.37. The van der Waals surface area contributed by atoms with Crippen LogP contribution in [0.2, 0.25) is 0 Å². The Morgan fingerprint density at radius 3 is 2.03 bits per heavy atom. The molecule has 0 atom stereocenters. The summed E-state index contributed by atoms with van der Waals surface area (Å²) in [5.74, 6) is -0.0160. The van der Waals surface area contributed by atoms with Crippen molar-refractivity contribution in [3.63, 3.8) is 0 Å². The van der Waals surface area contributed by atoms with E-state index in [-0.39, 0.29) is 5.92 Å². The first-order chi connectivity index (χ1) is 18.1. The van der Waals surface area contributed by atoms with Gasteiger partial charge < -0.3 is 9.47 Å². The van der Waals surface area contributed by atoms with Gasteiger partial charge in [0.25, 0.3) is 0 Å². The van der Waals surface area contributed by atoms with Gasteiger partial charge in [0, 0.05) is 17.4 Å². The minimum absolute atomic E-state index is 0.376. The molecule has 3 aliphatic rings. The van der Waals surface area contributed by atoms with E-state index >= 15 is 0 Å². The molecule has 0 unspecified atom stereocenters. The topological polar surface area (TPSA) is 52.6 Å². The molecular formula is C32H26O4S. The van der Waals surface area contributed by atoms with Crippen LogP contribution in [0.3, 0.4) is 0 Å². The van der Waals surface area contributed by atoms with E-state index in [0.717, 1.165) is 28.0 Å². The van der Waals surface area contributed by atoms with Gasteiger partial charge in [-0.15, -0.1) is 0 Å². The Kier molecular flexibility index (Phi) is 5.88. The van der Waals surface area contributed by atoms with Crippen molar-refractivity contribution in [1.82, 2.24) is 0 Å². The normalized spacial score (nSPS) is 19.4. The van der Waals surface area contributed by atoms with E-state index in [1.54, 1.807) is 11.8 Å². The van der Waals surface area contributed by atoms with Crippen molar-refractivity contribution in [3.05, 3.63) is 130 Å². The fourth-order valence-corrected chi connectivity index (χ4v) is 7.55. The zero-order valence-electron chi connectivity index (χ0n) is 20.7. The Balaban J connectivity index is 1.54. The first-order valence-electron chi connectivity index (χ1n) is 12.3. The van der Waals surface area contributed by atoms with E-state index in [1.165, 1.54) is 30.6 Å². The van der Waals surface area contributed by atoms with Gasteiger partial charge in [-0.3, -0.25) is 0 Å². The lowest BCUT2D eigenvalue weighted by molar-refractivity contribution is -0.140. The maximum atomic E-state index is 13.5. The number of thioether (sulfide) groups is 1. The molecule has 37 heavy (non-hydrogen) atoms. The highest BCUT2D eigenvalue weighted by atomic mass is 32.2. The van der Waals surface area contributed by atoms with Gasteiger partial charge in [0.15, 0.2) is 0 Å². The van der Waals surface area contributed by atoms with Crippen molar-refractivity contribution >= 4 is 34.5 Å². The van der Waals surface area contributed by atoms with Gasteiger partial charge in [0.1, 0.15) is 0 Å². The average Bonchev–Trinajstić information content (AvgIpc) is 2.96. The van der Waals surface area contributed by atoms with Gasteiger partial charge in [0.2, 0.25) is 0 Å². The van der Waals surface area contributed by atoms with Gasteiger partial charge in [0.05, 0.1) is 30.8 Å². The number of benzene rings is 4. The van der Waals surface area contributed by atoms with Crippen LogP contribution in [0.15, 0.2) is 102 Å². The molecule has 0 N–H and O–H groups in total. The first-order valence-corrected chi connectivity index (χ1v) is 13.4. The molecule has 0 fully saturated rings. The Hall–Kier alpha value is -3.83. The number of ether oxygens (including phenoxy) is 2. The highest BCUT2D eigenvalue weighted by molar-refractivity contribution is 7.98. The van der Waals surface area contributed by atoms with Crippen molar-refractivity contribution < 1.29 is 19.1 Å². The summed E-state index contributed by atoms with van der Waals surface area (Å²) in [6.07, 6.45) is 0. The molecule has 0 aromatic heterocycles. The van der Waals surface area contributed by atoms with Gasteiger partial charge in [-0.25, -0.2) is 9.59 Å². The Labute approximate surface area is 220 Å². The molecule has 0 spiro atoms. The summed E-state index contributed by atoms with van der Waals surface area (Å²) in [6.45, 7) is 0. The van der Waals surface area contributed by atoms with Crippen LogP contribution >= 0.6 is 11.8 Å². The molecule has 0 saturated heterocycles.